The van der Waals surface area contributed by atoms with E-state index in [0.717, 1.165) is 16.8 Å². The standard InChI is InChI=1S/C19H20N2O4S/c1-4-21-15-6-5-12(7-13(15)17(22)8-16(21)19(23)24)25-9-18-20-14(10-26-18)11(2)3/h5-8,10-11H,4,9H2,1-3H3,(H,23,24). The number of aromatic nitrogens is 2. The number of thiazole rings is 1. The van der Waals surface area contributed by atoms with Crippen LogP contribution in [0.15, 0.2) is 34.4 Å². The zero-order chi connectivity index (χ0) is 18.8. The molecule has 1 N–H and O–H groups in total. The van der Waals surface area contributed by atoms with Gasteiger partial charge in [0.1, 0.15) is 23.1 Å². The van der Waals surface area contributed by atoms with Crippen LogP contribution in [0.4, 0.5) is 0 Å². The summed E-state index contributed by atoms with van der Waals surface area (Å²) in [6.45, 7) is 6.81. The number of carbonyl (C=O) groups is 1. The van der Waals surface area contributed by atoms with Gasteiger partial charge in [-0.1, -0.05) is 13.8 Å². The predicted molar refractivity (Wildman–Crippen MR) is 101 cm³/mol. The quantitative estimate of drug-likeness (QED) is 0.710. The molecule has 2 heterocycles. The Morgan fingerprint density at radius 3 is 2.73 bits per heavy atom. The predicted octanol–water partition coefficient (Wildman–Crippen LogP) is 3.88. The summed E-state index contributed by atoms with van der Waals surface area (Å²) in [5.41, 5.74) is 1.28. The molecule has 0 aliphatic carbocycles. The van der Waals surface area contributed by atoms with Crippen molar-refractivity contribution in [1.29, 1.82) is 0 Å². The molecule has 0 fully saturated rings. The molecule has 0 bridgehead atoms. The summed E-state index contributed by atoms with van der Waals surface area (Å²) in [4.78, 5) is 28.2. The molecule has 1 aromatic carbocycles. The third-order valence-corrected chi connectivity index (χ3v) is 4.98. The first-order valence-corrected chi connectivity index (χ1v) is 9.26. The minimum atomic E-state index is -1.11. The van der Waals surface area contributed by atoms with Crippen molar-refractivity contribution in [3.63, 3.8) is 0 Å². The number of aryl methyl sites for hydroxylation is 1. The number of aromatic carboxylic acids is 1. The molecule has 136 valence electrons. The molecule has 6 nitrogen and oxygen atoms in total. The molecule has 3 aromatic rings. The summed E-state index contributed by atoms with van der Waals surface area (Å²) in [5.74, 6) is -0.186. The molecule has 0 spiro atoms. The molecule has 0 aliphatic heterocycles. The fraction of sp³-hybridized carbons (Fsp3) is 0.316. The molecule has 3 rings (SSSR count). The van der Waals surface area contributed by atoms with Crippen molar-refractivity contribution in [2.24, 2.45) is 0 Å². The molecular formula is C19H20N2O4S. The fourth-order valence-corrected chi connectivity index (χ4v) is 3.63. The second kappa shape index (κ2) is 7.29. The van der Waals surface area contributed by atoms with Crippen molar-refractivity contribution >= 4 is 28.2 Å². The highest BCUT2D eigenvalue weighted by molar-refractivity contribution is 7.09. The Morgan fingerprint density at radius 1 is 1.35 bits per heavy atom. The summed E-state index contributed by atoms with van der Waals surface area (Å²) in [6.07, 6.45) is 0. The lowest BCUT2D eigenvalue weighted by Gasteiger charge is -2.13. The summed E-state index contributed by atoms with van der Waals surface area (Å²) < 4.78 is 7.39. The second-order valence-corrected chi connectivity index (χ2v) is 7.17. The maximum absolute atomic E-state index is 12.3. The molecule has 0 unspecified atom stereocenters. The third-order valence-electron chi connectivity index (χ3n) is 4.14. The van der Waals surface area contributed by atoms with Crippen LogP contribution in [0, 0.1) is 0 Å². The van der Waals surface area contributed by atoms with Crippen LogP contribution in [0.3, 0.4) is 0 Å². The summed E-state index contributed by atoms with van der Waals surface area (Å²) in [5, 5.41) is 12.6. The van der Waals surface area contributed by atoms with Crippen molar-refractivity contribution in [1.82, 2.24) is 9.55 Å². The SMILES string of the molecule is CCn1c(C(=O)O)cc(=O)c2cc(OCc3nc(C(C)C)cs3)ccc21. The van der Waals surface area contributed by atoms with Crippen molar-refractivity contribution in [3.05, 3.63) is 56.3 Å². The van der Waals surface area contributed by atoms with E-state index in [0.29, 0.717) is 35.7 Å². The van der Waals surface area contributed by atoms with Crippen molar-refractivity contribution in [2.75, 3.05) is 0 Å². The van der Waals surface area contributed by atoms with Crippen LogP contribution < -0.4 is 10.2 Å². The Balaban J connectivity index is 1.91. The van der Waals surface area contributed by atoms with Crippen LogP contribution in [-0.4, -0.2) is 20.6 Å². The molecular weight excluding hydrogens is 352 g/mol. The van der Waals surface area contributed by atoms with E-state index in [1.165, 1.54) is 0 Å². The lowest BCUT2D eigenvalue weighted by atomic mass is 10.1. The number of fused-ring (bicyclic) bond motifs is 1. The van der Waals surface area contributed by atoms with Gasteiger partial charge in [-0.05, 0) is 31.0 Å². The zero-order valence-corrected chi connectivity index (χ0v) is 15.7. The first-order valence-electron chi connectivity index (χ1n) is 8.38. The van der Waals surface area contributed by atoms with Gasteiger partial charge in [0.05, 0.1) is 11.2 Å². The highest BCUT2D eigenvalue weighted by Crippen LogP contribution is 2.23. The van der Waals surface area contributed by atoms with Gasteiger partial charge in [-0.2, -0.15) is 0 Å². The van der Waals surface area contributed by atoms with Gasteiger partial charge in [0.2, 0.25) is 0 Å². The second-order valence-electron chi connectivity index (χ2n) is 6.23. The Labute approximate surface area is 154 Å². The molecule has 0 radical (unpaired) electrons. The van der Waals surface area contributed by atoms with Crippen LogP contribution in [0.25, 0.3) is 10.9 Å². The monoisotopic (exact) mass is 372 g/mol. The number of ether oxygens (including phenoxy) is 1. The van der Waals surface area contributed by atoms with E-state index in [4.69, 9.17) is 4.74 Å². The van der Waals surface area contributed by atoms with E-state index >= 15 is 0 Å². The van der Waals surface area contributed by atoms with E-state index in [-0.39, 0.29) is 11.1 Å². The third kappa shape index (κ3) is 3.48. The maximum Gasteiger partial charge on any atom is 0.352 e. The molecule has 7 heteroatoms. The van der Waals surface area contributed by atoms with Crippen LogP contribution in [-0.2, 0) is 13.2 Å². The molecule has 26 heavy (non-hydrogen) atoms. The molecule has 0 aliphatic rings. The van der Waals surface area contributed by atoms with Crippen LogP contribution >= 0.6 is 11.3 Å². The van der Waals surface area contributed by atoms with E-state index < -0.39 is 5.97 Å². The Hall–Kier alpha value is -2.67. The van der Waals surface area contributed by atoms with Gasteiger partial charge in [0.15, 0.2) is 5.43 Å². The van der Waals surface area contributed by atoms with Crippen molar-refractivity contribution in [2.45, 2.75) is 39.8 Å². The highest BCUT2D eigenvalue weighted by Gasteiger charge is 2.14. The minimum absolute atomic E-state index is 0.0114. The van der Waals surface area contributed by atoms with Gasteiger partial charge < -0.3 is 14.4 Å². The van der Waals surface area contributed by atoms with Gasteiger partial charge in [0, 0.05) is 23.4 Å². The molecule has 0 amide bonds. The number of pyridine rings is 1. The van der Waals surface area contributed by atoms with E-state index in [1.54, 1.807) is 34.1 Å². The largest absolute Gasteiger partial charge is 0.486 e. The van der Waals surface area contributed by atoms with Gasteiger partial charge in [-0.15, -0.1) is 11.3 Å². The fourth-order valence-electron chi connectivity index (χ4n) is 2.77. The number of hydrogen-bond donors (Lipinski definition) is 1. The van der Waals surface area contributed by atoms with Gasteiger partial charge >= 0.3 is 5.97 Å². The lowest BCUT2D eigenvalue weighted by molar-refractivity contribution is 0.0685. The number of benzene rings is 1. The summed E-state index contributed by atoms with van der Waals surface area (Å²) >= 11 is 1.55. The topological polar surface area (TPSA) is 81.4 Å². The van der Waals surface area contributed by atoms with E-state index in [9.17, 15) is 14.7 Å². The van der Waals surface area contributed by atoms with Crippen LogP contribution in [0.5, 0.6) is 5.75 Å². The molecule has 0 saturated carbocycles. The number of rotatable bonds is 6. The first-order chi connectivity index (χ1) is 12.4. The number of carboxylic acids is 1. The number of nitrogens with zero attached hydrogens (tertiary/aromatic N) is 2. The number of carboxylic acid groups (broad SMARTS) is 1. The van der Waals surface area contributed by atoms with Crippen LogP contribution in [0.1, 0.15) is 47.9 Å². The smallest absolute Gasteiger partial charge is 0.352 e. The summed E-state index contributed by atoms with van der Waals surface area (Å²) in [6, 6.07) is 6.29. The highest BCUT2D eigenvalue weighted by atomic mass is 32.1. The minimum Gasteiger partial charge on any atom is -0.486 e. The van der Waals surface area contributed by atoms with Gasteiger partial charge in [0.25, 0.3) is 0 Å². The average Bonchev–Trinajstić information content (AvgIpc) is 3.09. The Kier molecular flexibility index (Phi) is 5.08. The maximum atomic E-state index is 12.3. The van der Waals surface area contributed by atoms with E-state index in [2.05, 4.69) is 18.8 Å². The summed E-state index contributed by atoms with van der Waals surface area (Å²) in [7, 11) is 0. The average molecular weight is 372 g/mol. The Bertz CT molecular complexity index is 1020. The molecule has 0 atom stereocenters. The van der Waals surface area contributed by atoms with E-state index in [1.807, 2.05) is 12.3 Å². The van der Waals surface area contributed by atoms with Crippen LogP contribution in [0.2, 0.25) is 0 Å². The van der Waals surface area contributed by atoms with Gasteiger partial charge in [-0.25, -0.2) is 9.78 Å². The van der Waals surface area contributed by atoms with Crippen molar-refractivity contribution < 1.29 is 14.6 Å². The zero-order valence-electron chi connectivity index (χ0n) is 14.9. The first kappa shape index (κ1) is 18.1. The molecule has 2 aromatic heterocycles. The van der Waals surface area contributed by atoms with Gasteiger partial charge in [-0.3, -0.25) is 4.79 Å². The Morgan fingerprint density at radius 2 is 2.12 bits per heavy atom. The normalized spacial score (nSPS) is 11.2. The van der Waals surface area contributed by atoms with Crippen molar-refractivity contribution in [3.8, 4) is 5.75 Å². The lowest BCUT2D eigenvalue weighted by Crippen LogP contribution is -2.17. The number of hydrogen-bond acceptors (Lipinski definition) is 5. The molecule has 0 saturated heterocycles.